The number of hydrogen-bond acceptors (Lipinski definition) is 2. The van der Waals surface area contributed by atoms with Crippen LogP contribution in [0.5, 0.6) is 0 Å². The number of carbonyl (C=O) groups excluding carboxylic acids is 1. The summed E-state index contributed by atoms with van der Waals surface area (Å²) in [4.78, 5) is 14.9. The molecule has 3 heteroatoms. The number of aryl methyl sites for hydroxylation is 2. The Kier molecular flexibility index (Phi) is 5.31. The molecule has 0 unspecified atom stereocenters. The quantitative estimate of drug-likeness (QED) is 0.917. The minimum absolute atomic E-state index is 0.126. The molecule has 1 N–H and O–H groups in total. The van der Waals surface area contributed by atoms with Crippen molar-refractivity contribution in [2.45, 2.75) is 33.2 Å². The first-order valence-electron chi connectivity index (χ1n) is 8.75. The van der Waals surface area contributed by atoms with Gasteiger partial charge in [0.25, 0.3) is 0 Å². The van der Waals surface area contributed by atoms with Gasteiger partial charge in [-0.15, -0.1) is 0 Å². The van der Waals surface area contributed by atoms with Crippen LogP contribution in [0.4, 0.5) is 5.69 Å². The van der Waals surface area contributed by atoms with E-state index in [0.29, 0.717) is 0 Å². The molecular formula is C21H26N2O. The van der Waals surface area contributed by atoms with Crippen LogP contribution in [0.1, 0.15) is 29.5 Å². The van der Waals surface area contributed by atoms with Gasteiger partial charge in [-0.1, -0.05) is 47.5 Å². The van der Waals surface area contributed by atoms with Crippen LogP contribution in [0, 0.1) is 19.8 Å². The van der Waals surface area contributed by atoms with Crippen LogP contribution in [0.2, 0.25) is 0 Å². The third kappa shape index (κ3) is 4.45. The Balaban J connectivity index is 1.48. The van der Waals surface area contributed by atoms with Gasteiger partial charge < -0.3 is 5.32 Å². The van der Waals surface area contributed by atoms with Gasteiger partial charge in [0.2, 0.25) is 5.91 Å². The summed E-state index contributed by atoms with van der Waals surface area (Å²) in [7, 11) is 0. The lowest BCUT2D eigenvalue weighted by molar-refractivity contribution is -0.121. The molecule has 0 radical (unpaired) electrons. The second-order valence-electron chi connectivity index (χ2n) is 6.89. The van der Waals surface area contributed by atoms with Gasteiger partial charge in [-0.05, 0) is 57.5 Å². The highest BCUT2D eigenvalue weighted by Gasteiger charge is 2.24. The van der Waals surface area contributed by atoms with E-state index in [2.05, 4.69) is 48.3 Å². The maximum Gasteiger partial charge on any atom is 0.227 e. The molecular weight excluding hydrogens is 296 g/mol. The normalized spacial score (nSPS) is 16.1. The van der Waals surface area contributed by atoms with Crippen molar-refractivity contribution in [2.75, 3.05) is 18.4 Å². The second-order valence-corrected chi connectivity index (χ2v) is 6.89. The zero-order valence-electron chi connectivity index (χ0n) is 14.6. The minimum Gasteiger partial charge on any atom is -0.326 e. The van der Waals surface area contributed by atoms with Gasteiger partial charge in [-0.25, -0.2) is 0 Å². The fourth-order valence-electron chi connectivity index (χ4n) is 3.19. The summed E-state index contributed by atoms with van der Waals surface area (Å²) in [6.45, 7) is 7.11. The number of carbonyl (C=O) groups is 1. The molecule has 0 bridgehead atoms. The molecule has 1 aliphatic rings. The number of piperidine rings is 1. The number of rotatable bonds is 4. The van der Waals surface area contributed by atoms with Crippen molar-refractivity contribution in [1.82, 2.24) is 4.90 Å². The molecule has 0 saturated carbocycles. The summed E-state index contributed by atoms with van der Waals surface area (Å²) in [5.74, 6) is 0.286. The van der Waals surface area contributed by atoms with Crippen LogP contribution in [0.25, 0.3) is 0 Å². The van der Waals surface area contributed by atoms with Crippen molar-refractivity contribution in [3.63, 3.8) is 0 Å². The van der Waals surface area contributed by atoms with Crippen molar-refractivity contribution >= 4 is 11.6 Å². The zero-order valence-corrected chi connectivity index (χ0v) is 14.6. The van der Waals surface area contributed by atoms with E-state index in [4.69, 9.17) is 0 Å². The second kappa shape index (κ2) is 7.63. The van der Waals surface area contributed by atoms with Crippen LogP contribution in [0.3, 0.4) is 0 Å². The Labute approximate surface area is 144 Å². The van der Waals surface area contributed by atoms with Crippen LogP contribution in [-0.2, 0) is 11.3 Å². The molecule has 2 aromatic carbocycles. The van der Waals surface area contributed by atoms with Gasteiger partial charge in [0.15, 0.2) is 0 Å². The lowest BCUT2D eigenvalue weighted by Gasteiger charge is -2.31. The van der Waals surface area contributed by atoms with E-state index in [0.717, 1.165) is 38.2 Å². The molecule has 0 spiro atoms. The smallest absolute Gasteiger partial charge is 0.227 e. The van der Waals surface area contributed by atoms with E-state index in [9.17, 15) is 4.79 Å². The van der Waals surface area contributed by atoms with Crippen molar-refractivity contribution in [1.29, 1.82) is 0 Å². The summed E-state index contributed by atoms with van der Waals surface area (Å²) >= 11 is 0. The maximum absolute atomic E-state index is 12.4. The van der Waals surface area contributed by atoms with E-state index >= 15 is 0 Å². The van der Waals surface area contributed by atoms with Crippen molar-refractivity contribution in [3.05, 3.63) is 65.2 Å². The summed E-state index contributed by atoms with van der Waals surface area (Å²) in [5, 5.41) is 3.05. The number of amides is 1. The summed E-state index contributed by atoms with van der Waals surface area (Å²) in [5.41, 5.74) is 4.75. The third-order valence-electron chi connectivity index (χ3n) is 4.80. The lowest BCUT2D eigenvalue weighted by atomic mass is 9.95. The maximum atomic E-state index is 12.4. The van der Waals surface area contributed by atoms with E-state index in [1.165, 1.54) is 16.7 Å². The molecule has 126 valence electrons. The Morgan fingerprint density at radius 3 is 2.08 bits per heavy atom. The topological polar surface area (TPSA) is 32.3 Å². The van der Waals surface area contributed by atoms with E-state index < -0.39 is 0 Å². The van der Waals surface area contributed by atoms with Crippen LogP contribution in [-0.4, -0.2) is 23.9 Å². The molecule has 1 heterocycles. The number of anilines is 1. The average Bonchev–Trinajstić information content (AvgIpc) is 2.59. The third-order valence-corrected chi connectivity index (χ3v) is 4.80. The number of hydrogen-bond donors (Lipinski definition) is 1. The molecule has 0 atom stereocenters. The number of benzene rings is 2. The first-order valence-corrected chi connectivity index (χ1v) is 8.75. The highest BCUT2D eigenvalue weighted by atomic mass is 16.1. The molecule has 1 saturated heterocycles. The summed E-state index contributed by atoms with van der Waals surface area (Å²) in [6.07, 6.45) is 1.87. The van der Waals surface area contributed by atoms with E-state index in [-0.39, 0.29) is 11.8 Å². The number of likely N-dealkylation sites (tertiary alicyclic amines) is 1. The molecule has 3 rings (SSSR count). The summed E-state index contributed by atoms with van der Waals surface area (Å²) < 4.78 is 0. The minimum atomic E-state index is 0.126. The van der Waals surface area contributed by atoms with Gasteiger partial charge in [-0.2, -0.15) is 0 Å². The van der Waals surface area contributed by atoms with Crippen LogP contribution in [0.15, 0.2) is 48.5 Å². The van der Waals surface area contributed by atoms with Gasteiger partial charge >= 0.3 is 0 Å². The predicted molar refractivity (Wildman–Crippen MR) is 99.0 cm³/mol. The Morgan fingerprint density at radius 2 is 1.50 bits per heavy atom. The standard InChI is InChI=1S/C21H26N2O/c1-16-3-7-18(8-4-16)15-23-13-11-19(12-14-23)21(24)22-20-9-5-17(2)6-10-20/h3-10,19H,11-15H2,1-2H3,(H,22,24). The molecule has 1 aliphatic heterocycles. The van der Waals surface area contributed by atoms with Crippen molar-refractivity contribution in [2.24, 2.45) is 5.92 Å². The number of nitrogens with one attached hydrogen (secondary N) is 1. The fourth-order valence-corrected chi connectivity index (χ4v) is 3.19. The first-order chi connectivity index (χ1) is 11.6. The SMILES string of the molecule is Cc1ccc(CN2CCC(C(=O)Nc3ccc(C)cc3)CC2)cc1. The van der Waals surface area contributed by atoms with Gasteiger partial charge in [-0.3, -0.25) is 9.69 Å². The van der Waals surface area contributed by atoms with E-state index in [1.807, 2.05) is 24.3 Å². The van der Waals surface area contributed by atoms with Crippen molar-refractivity contribution < 1.29 is 4.79 Å². The Morgan fingerprint density at radius 1 is 0.958 bits per heavy atom. The van der Waals surface area contributed by atoms with Gasteiger partial charge in [0, 0.05) is 18.2 Å². The Bertz CT molecular complexity index is 668. The highest BCUT2D eigenvalue weighted by Crippen LogP contribution is 2.21. The summed E-state index contributed by atoms with van der Waals surface area (Å²) in [6, 6.07) is 16.7. The van der Waals surface area contributed by atoms with E-state index in [1.54, 1.807) is 0 Å². The molecule has 3 nitrogen and oxygen atoms in total. The van der Waals surface area contributed by atoms with Crippen molar-refractivity contribution in [3.8, 4) is 0 Å². The molecule has 0 aliphatic carbocycles. The zero-order chi connectivity index (χ0) is 16.9. The Hall–Kier alpha value is -2.13. The monoisotopic (exact) mass is 322 g/mol. The van der Waals surface area contributed by atoms with Gasteiger partial charge in [0.05, 0.1) is 0 Å². The first kappa shape index (κ1) is 16.7. The highest BCUT2D eigenvalue weighted by molar-refractivity contribution is 5.92. The molecule has 0 aromatic heterocycles. The molecule has 1 amide bonds. The van der Waals surface area contributed by atoms with Crippen LogP contribution < -0.4 is 5.32 Å². The largest absolute Gasteiger partial charge is 0.326 e. The van der Waals surface area contributed by atoms with Crippen LogP contribution >= 0.6 is 0 Å². The fraction of sp³-hybridized carbons (Fsp3) is 0.381. The predicted octanol–water partition coefficient (Wildman–Crippen LogP) is 4.15. The number of nitrogens with zero attached hydrogens (tertiary/aromatic N) is 1. The molecule has 1 fully saturated rings. The molecule has 24 heavy (non-hydrogen) atoms. The lowest BCUT2D eigenvalue weighted by Crippen LogP contribution is -2.37. The average molecular weight is 322 g/mol. The molecule has 2 aromatic rings. The van der Waals surface area contributed by atoms with Gasteiger partial charge in [0.1, 0.15) is 0 Å².